The van der Waals surface area contributed by atoms with Crippen LogP contribution in [0.4, 0.5) is 0 Å². The number of Topliss-reactive ketones (excluding diaryl/α,β-unsaturated/α-hetero) is 1. The lowest BCUT2D eigenvalue weighted by molar-refractivity contribution is -0.108. The van der Waals surface area contributed by atoms with Crippen molar-refractivity contribution in [1.29, 1.82) is 0 Å². The third kappa shape index (κ3) is 6.58. The third-order valence-corrected chi connectivity index (χ3v) is 4.57. The summed E-state index contributed by atoms with van der Waals surface area (Å²) < 4.78 is 10.8. The van der Waals surface area contributed by atoms with Gasteiger partial charge >= 0.3 is 0 Å². The maximum atomic E-state index is 13.8. The van der Waals surface area contributed by atoms with E-state index in [2.05, 4.69) is 0 Å². The fourth-order valence-corrected chi connectivity index (χ4v) is 2.96. The first-order valence-electron chi connectivity index (χ1n) is 9.89. The molecule has 0 saturated heterocycles. The van der Waals surface area contributed by atoms with Crippen LogP contribution in [0, 0.1) is 0 Å². The van der Waals surface area contributed by atoms with Crippen molar-refractivity contribution in [2.75, 3.05) is 55.5 Å². The fraction of sp³-hybridized carbons (Fsp3) is 0.320. The van der Waals surface area contributed by atoms with E-state index in [4.69, 9.17) is 9.47 Å². The summed E-state index contributed by atoms with van der Waals surface area (Å²) in [5.41, 5.74) is 2.96. The van der Waals surface area contributed by atoms with Gasteiger partial charge in [0.15, 0.2) is 5.78 Å². The first-order valence-corrected chi connectivity index (χ1v) is 9.89. The Labute approximate surface area is 180 Å². The first kappa shape index (κ1) is 23.4. The van der Waals surface area contributed by atoms with Gasteiger partial charge in [0.1, 0.15) is 11.5 Å². The average molecular weight is 409 g/mol. The van der Waals surface area contributed by atoms with Crippen molar-refractivity contribution in [2.45, 2.75) is 0 Å². The highest BCUT2D eigenvalue weighted by atomic mass is 16.5. The Morgan fingerprint density at radius 1 is 0.767 bits per heavy atom. The van der Waals surface area contributed by atoms with Crippen LogP contribution in [0.2, 0.25) is 0 Å². The van der Waals surface area contributed by atoms with E-state index in [0.29, 0.717) is 24.2 Å². The molecule has 0 unspecified atom stereocenters. The summed E-state index contributed by atoms with van der Waals surface area (Å²) in [6.07, 6.45) is 3.95. The Morgan fingerprint density at radius 3 is 1.50 bits per heavy atom. The van der Waals surface area contributed by atoms with Crippen molar-refractivity contribution >= 4 is 16.9 Å². The van der Waals surface area contributed by atoms with Crippen LogP contribution in [0.5, 0.6) is 11.5 Å². The van der Waals surface area contributed by atoms with Gasteiger partial charge < -0.3 is 19.3 Å². The molecular weight excluding hydrogens is 376 g/mol. The molecule has 30 heavy (non-hydrogen) atoms. The van der Waals surface area contributed by atoms with Crippen LogP contribution in [0.3, 0.4) is 0 Å². The second kappa shape index (κ2) is 11.3. The quantitative estimate of drug-likeness (QED) is 0.559. The minimum absolute atomic E-state index is 0.0276. The normalized spacial score (nSPS) is 12.4. The molecule has 0 fully saturated rings. The number of nitrogens with zero attached hydrogens (tertiary/aromatic N) is 2. The number of ketones is 1. The SMILES string of the molecule is COc1cccc(C(=CCN(C)C)C(=O)C(=CCN(C)C)c2cccc(OC)c2)c1. The van der Waals surface area contributed by atoms with Gasteiger partial charge in [-0.2, -0.15) is 0 Å². The molecule has 0 amide bonds. The Bertz CT molecular complexity index is 841. The molecule has 0 spiro atoms. The van der Waals surface area contributed by atoms with E-state index in [9.17, 15) is 4.79 Å². The van der Waals surface area contributed by atoms with Gasteiger partial charge in [0, 0.05) is 24.2 Å². The molecule has 0 aromatic heterocycles. The fourth-order valence-electron chi connectivity index (χ4n) is 2.96. The first-order chi connectivity index (χ1) is 14.3. The molecule has 2 aromatic rings. The Morgan fingerprint density at radius 2 is 1.17 bits per heavy atom. The van der Waals surface area contributed by atoms with Crippen LogP contribution < -0.4 is 9.47 Å². The van der Waals surface area contributed by atoms with Crippen LogP contribution in [0.1, 0.15) is 11.1 Å². The molecule has 2 rings (SSSR count). The van der Waals surface area contributed by atoms with Crippen molar-refractivity contribution in [3.63, 3.8) is 0 Å². The molecule has 5 nitrogen and oxygen atoms in total. The van der Waals surface area contributed by atoms with Crippen molar-refractivity contribution in [3.05, 3.63) is 71.8 Å². The minimum atomic E-state index is -0.0276. The van der Waals surface area contributed by atoms with Gasteiger partial charge in [-0.25, -0.2) is 0 Å². The van der Waals surface area contributed by atoms with Crippen molar-refractivity contribution < 1.29 is 14.3 Å². The number of allylic oxidation sites excluding steroid dienone is 2. The topological polar surface area (TPSA) is 42.0 Å². The van der Waals surface area contributed by atoms with E-state index in [1.54, 1.807) is 14.2 Å². The van der Waals surface area contributed by atoms with E-state index in [1.165, 1.54) is 0 Å². The summed E-state index contributed by atoms with van der Waals surface area (Å²) >= 11 is 0. The zero-order chi connectivity index (χ0) is 22.1. The number of rotatable bonds is 10. The third-order valence-electron chi connectivity index (χ3n) is 4.57. The van der Waals surface area contributed by atoms with Crippen molar-refractivity contribution in [1.82, 2.24) is 9.80 Å². The average Bonchev–Trinajstić information content (AvgIpc) is 2.74. The van der Waals surface area contributed by atoms with Gasteiger partial charge in [0.2, 0.25) is 0 Å². The second-order valence-corrected chi connectivity index (χ2v) is 7.55. The maximum Gasteiger partial charge on any atom is 0.193 e. The van der Waals surface area contributed by atoms with Crippen molar-refractivity contribution in [2.24, 2.45) is 0 Å². The number of hydrogen-bond donors (Lipinski definition) is 0. The highest BCUT2D eigenvalue weighted by Crippen LogP contribution is 2.29. The van der Waals surface area contributed by atoms with Crippen molar-refractivity contribution in [3.8, 4) is 11.5 Å². The maximum absolute atomic E-state index is 13.8. The van der Waals surface area contributed by atoms with Crippen LogP contribution >= 0.6 is 0 Å². The summed E-state index contributed by atoms with van der Waals surface area (Å²) in [5.74, 6) is 1.41. The smallest absolute Gasteiger partial charge is 0.193 e. The van der Waals surface area contributed by atoms with Gasteiger partial charge in [-0.1, -0.05) is 36.4 Å². The molecule has 0 aliphatic carbocycles. The molecular formula is C25H32N2O3. The summed E-state index contributed by atoms with van der Waals surface area (Å²) in [6, 6.07) is 15.2. The summed E-state index contributed by atoms with van der Waals surface area (Å²) in [5, 5.41) is 0. The molecule has 0 N–H and O–H groups in total. The Balaban J connectivity index is 2.58. The minimum Gasteiger partial charge on any atom is -0.497 e. The van der Waals surface area contributed by atoms with Gasteiger partial charge in [-0.3, -0.25) is 4.79 Å². The van der Waals surface area contributed by atoms with Gasteiger partial charge in [-0.05, 0) is 63.6 Å². The zero-order valence-corrected chi connectivity index (χ0v) is 18.8. The van der Waals surface area contributed by atoms with E-state index in [-0.39, 0.29) is 5.78 Å². The molecule has 0 aliphatic rings. The monoisotopic (exact) mass is 408 g/mol. The number of benzene rings is 2. The van der Waals surface area contributed by atoms with E-state index in [0.717, 1.165) is 22.6 Å². The molecule has 0 aliphatic heterocycles. The lowest BCUT2D eigenvalue weighted by atomic mass is 9.91. The number of hydrogen-bond acceptors (Lipinski definition) is 5. The van der Waals surface area contributed by atoms with Gasteiger partial charge in [0.05, 0.1) is 14.2 Å². The molecule has 0 saturated carbocycles. The summed E-state index contributed by atoms with van der Waals surface area (Å²) in [7, 11) is 11.2. The molecule has 0 bridgehead atoms. The predicted molar refractivity (Wildman–Crippen MR) is 124 cm³/mol. The van der Waals surface area contributed by atoms with Gasteiger partial charge in [-0.15, -0.1) is 0 Å². The number of ether oxygens (including phenoxy) is 2. The number of likely N-dealkylation sites (N-methyl/N-ethyl adjacent to an activating group) is 2. The molecule has 160 valence electrons. The molecule has 0 heterocycles. The standard InChI is InChI=1S/C25H32N2O3/c1-26(2)15-13-23(19-9-7-11-21(17-19)29-5)25(28)24(14-16-27(3)4)20-10-8-12-22(18-20)30-6/h7-14,17-18H,15-16H2,1-6H3. The molecule has 0 atom stereocenters. The molecule has 0 radical (unpaired) electrons. The summed E-state index contributed by atoms with van der Waals surface area (Å²) in [6.45, 7) is 1.30. The lowest BCUT2D eigenvalue weighted by Crippen LogP contribution is -2.15. The van der Waals surface area contributed by atoms with Crippen LogP contribution in [-0.2, 0) is 4.79 Å². The highest BCUT2D eigenvalue weighted by molar-refractivity contribution is 6.42. The van der Waals surface area contributed by atoms with E-state index < -0.39 is 0 Å². The van der Waals surface area contributed by atoms with Crippen LogP contribution in [0.15, 0.2) is 60.7 Å². The van der Waals surface area contributed by atoms with Gasteiger partial charge in [0.25, 0.3) is 0 Å². The lowest BCUT2D eigenvalue weighted by Gasteiger charge is -2.15. The molecule has 5 heteroatoms. The largest absolute Gasteiger partial charge is 0.497 e. The highest BCUT2D eigenvalue weighted by Gasteiger charge is 2.19. The second-order valence-electron chi connectivity index (χ2n) is 7.55. The number of carbonyl (C=O) groups excluding carboxylic acids is 1. The Kier molecular flexibility index (Phi) is 8.84. The zero-order valence-electron chi connectivity index (χ0n) is 18.8. The van der Waals surface area contributed by atoms with Crippen LogP contribution in [0.25, 0.3) is 11.1 Å². The van der Waals surface area contributed by atoms with Crippen LogP contribution in [-0.4, -0.2) is 71.1 Å². The molecule has 2 aromatic carbocycles. The van der Waals surface area contributed by atoms with E-state index in [1.807, 2.05) is 98.7 Å². The summed E-state index contributed by atoms with van der Waals surface area (Å²) in [4.78, 5) is 17.9. The van der Waals surface area contributed by atoms with E-state index >= 15 is 0 Å². The predicted octanol–water partition coefficient (Wildman–Crippen LogP) is 3.86. The Hall–Kier alpha value is -2.89. The number of carbonyl (C=O) groups is 1. The number of methoxy groups -OCH3 is 2.